The van der Waals surface area contributed by atoms with Crippen LogP contribution in [0.2, 0.25) is 0 Å². The van der Waals surface area contributed by atoms with Crippen LogP contribution in [0.4, 0.5) is 0 Å². The summed E-state index contributed by atoms with van der Waals surface area (Å²) >= 11 is 0. The maximum atomic E-state index is 12.6. The van der Waals surface area contributed by atoms with E-state index in [2.05, 4.69) is 5.10 Å². The quantitative estimate of drug-likeness (QED) is 0.850. The second-order valence-corrected chi connectivity index (χ2v) is 6.73. The van der Waals surface area contributed by atoms with Gasteiger partial charge in [0.2, 0.25) is 0 Å². The van der Waals surface area contributed by atoms with E-state index in [1.165, 1.54) is 16.9 Å². The molecule has 1 fully saturated rings. The summed E-state index contributed by atoms with van der Waals surface area (Å²) in [5.74, 6) is 0.254. The Morgan fingerprint density at radius 2 is 2.22 bits per heavy atom. The topological polar surface area (TPSA) is 81.2 Å². The number of sulfonamides is 1. The molecule has 2 rings (SSSR count). The summed E-state index contributed by atoms with van der Waals surface area (Å²) in [6.07, 6.45) is 3.36. The van der Waals surface area contributed by atoms with E-state index in [-0.39, 0.29) is 17.0 Å². The molecule has 0 saturated carbocycles. The molecule has 2 unspecified atom stereocenters. The number of nitrogens with zero attached hydrogens (tertiary/aromatic N) is 3. The van der Waals surface area contributed by atoms with Crippen molar-refractivity contribution in [2.24, 2.45) is 18.7 Å². The molecular formula is C11H20N4O2S. The Hall–Kier alpha value is -0.920. The highest BCUT2D eigenvalue weighted by atomic mass is 32.2. The first-order valence-electron chi connectivity index (χ1n) is 6.16. The maximum absolute atomic E-state index is 12.6. The van der Waals surface area contributed by atoms with E-state index in [4.69, 9.17) is 5.73 Å². The molecule has 0 bridgehead atoms. The van der Waals surface area contributed by atoms with Crippen molar-refractivity contribution in [3.05, 3.63) is 12.3 Å². The highest BCUT2D eigenvalue weighted by molar-refractivity contribution is 7.89. The second-order valence-electron chi connectivity index (χ2n) is 4.90. The van der Waals surface area contributed by atoms with E-state index in [1.807, 2.05) is 6.92 Å². The molecule has 1 aliphatic rings. The van der Waals surface area contributed by atoms with Crippen LogP contribution in [0.15, 0.2) is 17.3 Å². The molecule has 1 aliphatic heterocycles. The molecule has 0 amide bonds. The minimum Gasteiger partial charge on any atom is -0.330 e. The van der Waals surface area contributed by atoms with E-state index in [9.17, 15) is 8.42 Å². The van der Waals surface area contributed by atoms with Crippen molar-refractivity contribution in [1.82, 2.24) is 14.1 Å². The summed E-state index contributed by atoms with van der Waals surface area (Å²) in [6.45, 7) is 2.98. The number of hydrogen-bond acceptors (Lipinski definition) is 4. The van der Waals surface area contributed by atoms with Crippen molar-refractivity contribution in [1.29, 1.82) is 0 Å². The zero-order valence-electron chi connectivity index (χ0n) is 10.8. The normalized spacial score (nSPS) is 26.4. The molecule has 0 aliphatic carbocycles. The fraction of sp³-hybridized carbons (Fsp3) is 0.727. The molecule has 2 atom stereocenters. The van der Waals surface area contributed by atoms with E-state index in [0.29, 0.717) is 13.1 Å². The Morgan fingerprint density at radius 1 is 1.50 bits per heavy atom. The number of hydrogen-bond donors (Lipinski definition) is 1. The molecular weight excluding hydrogens is 252 g/mol. The van der Waals surface area contributed by atoms with Crippen LogP contribution in [0.25, 0.3) is 0 Å². The second kappa shape index (κ2) is 4.99. The molecule has 1 aromatic heterocycles. The van der Waals surface area contributed by atoms with Gasteiger partial charge in [-0.05, 0) is 38.3 Å². The van der Waals surface area contributed by atoms with E-state index >= 15 is 0 Å². The molecule has 0 aromatic carbocycles. The van der Waals surface area contributed by atoms with Gasteiger partial charge in [0.1, 0.15) is 0 Å². The van der Waals surface area contributed by atoms with Gasteiger partial charge in [-0.15, -0.1) is 0 Å². The Balaban J connectivity index is 2.31. The lowest BCUT2D eigenvalue weighted by atomic mass is 9.96. The predicted octanol–water partition coefficient (Wildman–Crippen LogP) is 0.168. The molecule has 0 spiro atoms. The van der Waals surface area contributed by atoms with E-state index in [0.717, 1.165) is 12.8 Å². The smallest absolute Gasteiger partial charge is 0.260 e. The number of nitrogens with two attached hydrogens (primary N) is 1. The summed E-state index contributed by atoms with van der Waals surface area (Å²) in [5.41, 5.74) is 5.66. The van der Waals surface area contributed by atoms with Gasteiger partial charge in [-0.25, -0.2) is 8.42 Å². The summed E-state index contributed by atoms with van der Waals surface area (Å²) in [6, 6.07) is 1.56. The number of aryl methyl sites for hydroxylation is 1. The van der Waals surface area contributed by atoms with Crippen molar-refractivity contribution in [3.8, 4) is 0 Å². The van der Waals surface area contributed by atoms with Crippen LogP contribution in [0.3, 0.4) is 0 Å². The first-order valence-corrected chi connectivity index (χ1v) is 7.60. The third kappa shape index (κ3) is 2.30. The molecule has 18 heavy (non-hydrogen) atoms. The Bertz CT molecular complexity index is 511. The zero-order valence-corrected chi connectivity index (χ0v) is 11.6. The van der Waals surface area contributed by atoms with Gasteiger partial charge in [-0.2, -0.15) is 9.40 Å². The predicted molar refractivity (Wildman–Crippen MR) is 68.3 cm³/mol. The molecule has 6 nitrogen and oxygen atoms in total. The number of rotatable bonds is 3. The highest BCUT2D eigenvalue weighted by Crippen LogP contribution is 2.27. The minimum atomic E-state index is -3.46. The first-order chi connectivity index (χ1) is 8.46. The van der Waals surface area contributed by atoms with Crippen LogP contribution in [-0.2, 0) is 17.1 Å². The van der Waals surface area contributed by atoms with Gasteiger partial charge >= 0.3 is 0 Å². The highest BCUT2D eigenvalue weighted by Gasteiger charge is 2.35. The Morgan fingerprint density at radius 3 is 2.78 bits per heavy atom. The van der Waals surface area contributed by atoms with Crippen molar-refractivity contribution < 1.29 is 8.42 Å². The van der Waals surface area contributed by atoms with Crippen LogP contribution in [0.1, 0.15) is 19.8 Å². The average Bonchev–Trinajstić information content (AvgIpc) is 2.76. The van der Waals surface area contributed by atoms with Gasteiger partial charge < -0.3 is 5.73 Å². The first kappa shape index (κ1) is 13.5. The van der Waals surface area contributed by atoms with Crippen LogP contribution < -0.4 is 5.73 Å². The summed E-state index contributed by atoms with van der Waals surface area (Å²) in [4.78, 5) is 0. The van der Waals surface area contributed by atoms with Gasteiger partial charge in [-0.1, -0.05) is 0 Å². The lowest BCUT2D eigenvalue weighted by molar-refractivity contribution is 0.210. The van der Waals surface area contributed by atoms with Gasteiger partial charge in [0.15, 0.2) is 5.03 Å². The monoisotopic (exact) mass is 272 g/mol. The van der Waals surface area contributed by atoms with Crippen LogP contribution in [-0.4, -0.2) is 41.6 Å². The summed E-state index contributed by atoms with van der Waals surface area (Å²) < 4.78 is 28.1. The SMILES string of the molecule is CC1CCC(CN)CN1S(=O)(=O)c1ccnn1C. The van der Waals surface area contributed by atoms with Crippen LogP contribution in [0.5, 0.6) is 0 Å². The van der Waals surface area contributed by atoms with Crippen molar-refractivity contribution >= 4 is 10.0 Å². The fourth-order valence-electron chi connectivity index (χ4n) is 2.41. The largest absolute Gasteiger partial charge is 0.330 e. The molecule has 1 aromatic rings. The lowest BCUT2D eigenvalue weighted by Gasteiger charge is -2.36. The zero-order chi connectivity index (χ0) is 13.3. The van der Waals surface area contributed by atoms with Crippen molar-refractivity contribution in [2.45, 2.75) is 30.8 Å². The number of piperidine rings is 1. The van der Waals surface area contributed by atoms with Crippen molar-refractivity contribution in [3.63, 3.8) is 0 Å². The van der Waals surface area contributed by atoms with Crippen LogP contribution in [0, 0.1) is 5.92 Å². The minimum absolute atomic E-state index is 0.0210. The fourth-order valence-corrected chi connectivity index (χ4v) is 4.25. The molecule has 2 heterocycles. The van der Waals surface area contributed by atoms with Crippen molar-refractivity contribution in [2.75, 3.05) is 13.1 Å². The molecule has 7 heteroatoms. The van der Waals surface area contributed by atoms with Gasteiger partial charge in [-0.3, -0.25) is 4.68 Å². The van der Waals surface area contributed by atoms with E-state index in [1.54, 1.807) is 11.4 Å². The molecule has 0 radical (unpaired) electrons. The van der Waals surface area contributed by atoms with Gasteiger partial charge in [0, 0.05) is 19.6 Å². The maximum Gasteiger partial charge on any atom is 0.260 e. The lowest BCUT2D eigenvalue weighted by Crippen LogP contribution is -2.47. The summed E-state index contributed by atoms with van der Waals surface area (Å²) in [7, 11) is -1.82. The van der Waals surface area contributed by atoms with Gasteiger partial charge in [0.25, 0.3) is 10.0 Å². The average molecular weight is 272 g/mol. The van der Waals surface area contributed by atoms with Gasteiger partial charge in [0.05, 0.1) is 6.20 Å². The standard InChI is InChI=1S/C11H20N4O2S/c1-9-3-4-10(7-12)8-15(9)18(16,17)11-5-6-13-14(11)2/h5-6,9-10H,3-4,7-8,12H2,1-2H3. The molecule has 102 valence electrons. The molecule has 1 saturated heterocycles. The van der Waals surface area contributed by atoms with E-state index < -0.39 is 10.0 Å². The Labute approximate surface area is 108 Å². The third-order valence-electron chi connectivity index (χ3n) is 3.60. The number of aromatic nitrogens is 2. The third-order valence-corrected chi connectivity index (χ3v) is 5.66. The summed E-state index contributed by atoms with van der Waals surface area (Å²) in [5, 5.41) is 4.17. The molecule has 2 N–H and O–H groups in total. The Kier molecular flexibility index (Phi) is 3.74. The van der Waals surface area contributed by atoms with Crippen LogP contribution >= 0.6 is 0 Å².